The van der Waals surface area contributed by atoms with Crippen molar-refractivity contribution in [2.45, 2.75) is 18.1 Å². The van der Waals surface area contributed by atoms with E-state index >= 15 is 0 Å². The third kappa shape index (κ3) is 5.05. The lowest BCUT2D eigenvalue weighted by Crippen LogP contribution is -2.27. The van der Waals surface area contributed by atoms with Crippen molar-refractivity contribution in [3.05, 3.63) is 104 Å². The number of rotatable bonds is 7. The summed E-state index contributed by atoms with van der Waals surface area (Å²) >= 11 is 1.10. The average molecular weight is 486 g/mol. The van der Waals surface area contributed by atoms with Crippen LogP contribution in [0.3, 0.4) is 0 Å². The largest absolute Gasteiger partial charge is 0.324 e. The molecule has 35 heavy (non-hydrogen) atoms. The summed E-state index contributed by atoms with van der Waals surface area (Å²) in [4.78, 5) is 41.0. The lowest BCUT2D eigenvalue weighted by Gasteiger charge is -2.20. The van der Waals surface area contributed by atoms with E-state index in [1.54, 1.807) is 28.8 Å². The molecule has 1 amide bonds. The van der Waals surface area contributed by atoms with Crippen LogP contribution in [0.1, 0.15) is 24.1 Å². The molecule has 1 atom stereocenters. The second kappa shape index (κ2) is 10.2. The topological polar surface area (TPSA) is 131 Å². The highest BCUT2D eigenvalue weighted by molar-refractivity contribution is 7.99. The fourth-order valence-corrected chi connectivity index (χ4v) is 4.49. The number of carbonyl (C=O) groups is 1. The van der Waals surface area contributed by atoms with E-state index in [1.807, 2.05) is 43.3 Å². The van der Waals surface area contributed by atoms with Crippen molar-refractivity contribution in [3.8, 4) is 6.07 Å². The number of hydrogen-bond donors (Lipinski definition) is 1. The lowest BCUT2D eigenvalue weighted by molar-refractivity contribution is -0.384. The number of hydrogen-bond acceptors (Lipinski definition) is 7. The first kappa shape index (κ1) is 23.7. The number of anilines is 1. The Labute approximate surface area is 204 Å². The fraction of sp³-hybridized carbons (Fsp3) is 0.120. The van der Waals surface area contributed by atoms with Gasteiger partial charge in [0.25, 0.3) is 11.2 Å². The summed E-state index contributed by atoms with van der Waals surface area (Å²) in [5, 5.41) is 23.7. The van der Waals surface area contributed by atoms with Crippen LogP contribution >= 0.6 is 11.8 Å². The van der Waals surface area contributed by atoms with E-state index in [2.05, 4.69) is 10.3 Å². The van der Waals surface area contributed by atoms with Gasteiger partial charge in [0.1, 0.15) is 6.07 Å². The van der Waals surface area contributed by atoms with E-state index in [1.165, 1.54) is 12.1 Å². The molecule has 0 bridgehead atoms. The lowest BCUT2D eigenvalue weighted by atomic mass is 10.1. The number of fused-ring (bicyclic) bond motifs is 1. The molecule has 3 aromatic carbocycles. The van der Waals surface area contributed by atoms with Gasteiger partial charge in [-0.3, -0.25) is 24.3 Å². The summed E-state index contributed by atoms with van der Waals surface area (Å²) in [6.45, 7) is 1.90. The number of thioether (sulfide) groups is 1. The summed E-state index contributed by atoms with van der Waals surface area (Å²) in [5.41, 5.74) is 1.15. The third-order valence-electron chi connectivity index (χ3n) is 5.39. The molecule has 9 nitrogen and oxygen atoms in total. The average Bonchev–Trinajstić information content (AvgIpc) is 2.88. The minimum Gasteiger partial charge on any atom is -0.324 e. The molecule has 0 unspecified atom stereocenters. The Bertz CT molecular complexity index is 1530. The van der Waals surface area contributed by atoms with Gasteiger partial charge < -0.3 is 5.32 Å². The fourth-order valence-electron chi connectivity index (χ4n) is 3.61. The van der Waals surface area contributed by atoms with Crippen LogP contribution < -0.4 is 10.9 Å². The molecule has 174 valence electrons. The summed E-state index contributed by atoms with van der Waals surface area (Å²) in [6, 6.07) is 21.7. The van der Waals surface area contributed by atoms with Crippen LogP contribution in [0.15, 0.2) is 82.7 Å². The molecule has 4 aromatic rings. The smallest absolute Gasteiger partial charge is 0.270 e. The minimum atomic E-state index is -0.610. The van der Waals surface area contributed by atoms with Crippen LogP contribution in [0.4, 0.5) is 11.4 Å². The standard InChI is InChI=1S/C25H19N5O4S/c1-16(17-7-3-2-4-8-17)29-24(32)20-9-5-6-10-22(20)28-25(29)35-15-23(31)27-21-12-11-19(30(33)34)13-18(21)14-26/h2-13,16H,15H2,1H3,(H,27,31)/t16-/m1/s1. The zero-order valence-corrected chi connectivity index (χ0v) is 19.4. The van der Waals surface area contributed by atoms with E-state index in [9.17, 15) is 25.0 Å². The molecule has 1 N–H and O–H groups in total. The maximum Gasteiger partial charge on any atom is 0.270 e. The van der Waals surface area contributed by atoms with Gasteiger partial charge in [0.2, 0.25) is 5.91 Å². The zero-order valence-electron chi connectivity index (χ0n) is 18.5. The molecule has 10 heteroatoms. The van der Waals surface area contributed by atoms with E-state index in [-0.39, 0.29) is 34.3 Å². The summed E-state index contributed by atoms with van der Waals surface area (Å²) in [6.07, 6.45) is 0. The molecule has 0 fully saturated rings. The second-order valence-electron chi connectivity index (χ2n) is 7.61. The Balaban J connectivity index is 1.63. The predicted molar refractivity (Wildman–Crippen MR) is 133 cm³/mol. The summed E-state index contributed by atoms with van der Waals surface area (Å²) in [5.74, 6) is -0.532. The molecule has 0 aliphatic heterocycles. The molecule has 0 saturated heterocycles. The van der Waals surface area contributed by atoms with Gasteiger partial charge in [0.15, 0.2) is 5.16 Å². The van der Waals surface area contributed by atoms with Crippen molar-refractivity contribution in [2.75, 3.05) is 11.1 Å². The van der Waals surface area contributed by atoms with Gasteiger partial charge in [-0.2, -0.15) is 5.26 Å². The molecule has 1 heterocycles. The number of carbonyl (C=O) groups excluding carboxylic acids is 1. The second-order valence-corrected chi connectivity index (χ2v) is 8.55. The van der Waals surface area contributed by atoms with Gasteiger partial charge in [0, 0.05) is 12.1 Å². The number of benzene rings is 3. The monoisotopic (exact) mass is 485 g/mol. The van der Waals surface area contributed by atoms with Crippen molar-refractivity contribution < 1.29 is 9.72 Å². The van der Waals surface area contributed by atoms with E-state index < -0.39 is 10.8 Å². The minimum absolute atomic E-state index is 0.0176. The van der Waals surface area contributed by atoms with Gasteiger partial charge in [-0.05, 0) is 30.7 Å². The molecule has 0 spiro atoms. The molecule has 0 aliphatic rings. The van der Waals surface area contributed by atoms with Crippen LogP contribution in [-0.4, -0.2) is 26.1 Å². The Morgan fingerprint density at radius 2 is 1.89 bits per heavy atom. The number of nitro groups is 1. The van der Waals surface area contributed by atoms with Crippen molar-refractivity contribution >= 4 is 39.9 Å². The zero-order chi connectivity index (χ0) is 24.9. The molecule has 0 radical (unpaired) electrons. The highest BCUT2D eigenvalue weighted by Gasteiger charge is 2.19. The number of non-ortho nitro benzene ring substituents is 1. The van der Waals surface area contributed by atoms with Crippen molar-refractivity contribution in [1.82, 2.24) is 9.55 Å². The van der Waals surface area contributed by atoms with Gasteiger partial charge in [-0.15, -0.1) is 0 Å². The van der Waals surface area contributed by atoms with Gasteiger partial charge in [0.05, 0.1) is 38.9 Å². The predicted octanol–water partition coefficient (Wildman–Crippen LogP) is 4.52. The van der Waals surface area contributed by atoms with E-state index in [4.69, 9.17) is 0 Å². The van der Waals surface area contributed by atoms with Crippen LogP contribution in [0.2, 0.25) is 0 Å². The number of aromatic nitrogens is 2. The van der Waals surface area contributed by atoms with E-state index in [0.717, 1.165) is 23.4 Å². The number of para-hydroxylation sites is 1. The quantitative estimate of drug-likeness (QED) is 0.176. The maximum absolute atomic E-state index is 13.4. The van der Waals surface area contributed by atoms with Crippen LogP contribution in [-0.2, 0) is 4.79 Å². The number of amides is 1. The maximum atomic E-state index is 13.4. The first-order valence-electron chi connectivity index (χ1n) is 10.6. The number of nitrogens with one attached hydrogen (secondary N) is 1. The van der Waals surface area contributed by atoms with Crippen LogP contribution in [0.5, 0.6) is 0 Å². The SMILES string of the molecule is C[C@H](c1ccccc1)n1c(SCC(=O)Nc2ccc([N+](=O)[O-])cc2C#N)nc2ccccc2c1=O. The van der Waals surface area contributed by atoms with Crippen molar-refractivity contribution in [3.63, 3.8) is 0 Å². The first-order chi connectivity index (χ1) is 16.9. The highest BCUT2D eigenvalue weighted by Crippen LogP contribution is 2.26. The van der Waals surface area contributed by atoms with Crippen LogP contribution in [0, 0.1) is 21.4 Å². The van der Waals surface area contributed by atoms with Gasteiger partial charge in [-0.25, -0.2) is 4.98 Å². The summed E-state index contributed by atoms with van der Waals surface area (Å²) < 4.78 is 1.57. The molecule has 0 saturated carbocycles. The van der Waals surface area contributed by atoms with Crippen LogP contribution in [0.25, 0.3) is 10.9 Å². The molecule has 1 aromatic heterocycles. The molecular weight excluding hydrogens is 466 g/mol. The first-order valence-corrected chi connectivity index (χ1v) is 11.5. The van der Waals surface area contributed by atoms with Gasteiger partial charge in [-0.1, -0.05) is 54.2 Å². The molecule has 0 aliphatic carbocycles. The summed E-state index contributed by atoms with van der Waals surface area (Å²) in [7, 11) is 0. The molecule has 4 rings (SSSR count). The molecular formula is C25H19N5O4S. The van der Waals surface area contributed by atoms with Gasteiger partial charge >= 0.3 is 0 Å². The Morgan fingerprint density at radius 1 is 1.17 bits per heavy atom. The Kier molecular flexibility index (Phi) is 6.89. The normalized spacial score (nSPS) is 11.5. The number of nitrogens with zero attached hydrogens (tertiary/aromatic N) is 4. The Hall–Kier alpha value is -4.49. The number of nitriles is 1. The Morgan fingerprint density at radius 3 is 2.60 bits per heavy atom. The van der Waals surface area contributed by atoms with Crippen molar-refractivity contribution in [1.29, 1.82) is 5.26 Å². The van der Waals surface area contributed by atoms with Crippen molar-refractivity contribution in [2.24, 2.45) is 0 Å². The highest BCUT2D eigenvalue weighted by atomic mass is 32.2. The third-order valence-corrected chi connectivity index (χ3v) is 6.34. The number of nitro benzene ring substituents is 1. The van der Waals surface area contributed by atoms with E-state index in [0.29, 0.717) is 16.1 Å².